The molecule has 0 aliphatic carbocycles. The van der Waals surface area contributed by atoms with Crippen molar-refractivity contribution in [3.63, 3.8) is 0 Å². The Morgan fingerprint density at radius 3 is 1.05 bits per heavy atom. The molecule has 354 valence electrons. The van der Waals surface area contributed by atoms with E-state index in [0.717, 1.165) is 34.1 Å². The molecule has 0 bridgehead atoms. The largest absolute Gasteiger partial charge is 0.310 e. The maximum atomic E-state index is 2.60. The highest BCUT2D eigenvalue weighted by molar-refractivity contribution is 7.27. The van der Waals surface area contributed by atoms with Crippen molar-refractivity contribution in [2.75, 3.05) is 19.6 Å². The van der Waals surface area contributed by atoms with Crippen LogP contribution in [0.25, 0.3) is 40.3 Å². The zero-order chi connectivity index (χ0) is 49.7. The summed E-state index contributed by atoms with van der Waals surface area (Å²) in [6, 6.07) is 91.6. The van der Waals surface area contributed by atoms with Gasteiger partial charge in [0.1, 0.15) is 0 Å². The molecule has 11 aromatic carbocycles. The van der Waals surface area contributed by atoms with Crippen LogP contribution >= 0.6 is 22.7 Å². The molecule has 2 aliphatic rings. The van der Waals surface area contributed by atoms with Crippen molar-refractivity contribution >= 4 is 154 Å². The van der Waals surface area contributed by atoms with E-state index in [1.165, 1.54) is 102 Å². The molecule has 15 rings (SSSR count). The zero-order valence-electron chi connectivity index (χ0n) is 41.4. The fraction of sp³-hybridized carbons (Fsp3) is 0.0294. The van der Waals surface area contributed by atoms with Gasteiger partial charge in [-0.1, -0.05) is 152 Å². The van der Waals surface area contributed by atoms with Crippen molar-refractivity contribution in [3.8, 4) is 0 Å². The van der Waals surface area contributed by atoms with E-state index >= 15 is 0 Å². The highest BCUT2D eigenvalue weighted by Crippen LogP contribution is 2.53. The van der Waals surface area contributed by atoms with Crippen molar-refractivity contribution in [2.24, 2.45) is 0 Å². The summed E-state index contributed by atoms with van der Waals surface area (Å²) in [5.74, 6) is 0. The molecule has 2 aliphatic heterocycles. The lowest BCUT2D eigenvalue weighted by Gasteiger charge is -2.44. The van der Waals surface area contributed by atoms with Gasteiger partial charge in [-0.3, -0.25) is 0 Å². The first kappa shape index (κ1) is 43.7. The summed E-state index contributed by atoms with van der Waals surface area (Å²) in [6.07, 6.45) is 0. The molecule has 2 aromatic heterocycles. The van der Waals surface area contributed by atoms with E-state index in [9.17, 15) is 0 Å². The summed E-state index contributed by atoms with van der Waals surface area (Å²) in [5, 5.41) is 5.09. The number of hydrogen-bond donors (Lipinski definition) is 0. The van der Waals surface area contributed by atoms with E-state index in [0.29, 0.717) is 0 Å². The van der Waals surface area contributed by atoms with Crippen LogP contribution in [0.1, 0.15) is 11.1 Å². The van der Waals surface area contributed by atoms with Crippen LogP contribution in [0.5, 0.6) is 0 Å². The molecule has 4 nitrogen and oxygen atoms in total. The fourth-order valence-corrected chi connectivity index (χ4v) is 14.7. The third kappa shape index (κ3) is 6.82. The van der Waals surface area contributed by atoms with Crippen molar-refractivity contribution in [1.82, 2.24) is 0 Å². The third-order valence-electron chi connectivity index (χ3n) is 15.4. The molecule has 0 N–H and O–H groups in total. The van der Waals surface area contributed by atoms with Gasteiger partial charge in [0.2, 0.25) is 0 Å². The molecule has 13 aromatic rings. The van der Waals surface area contributed by atoms with Crippen LogP contribution in [0.15, 0.2) is 249 Å². The summed E-state index contributed by atoms with van der Waals surface area (Å²) < 4.78 is 5.11. The molecule has 0 fully saturated rings. The number of anilines is 12. The molecule has 7 heteroatoms. The maximum absolute atomic E-state index is 2.60. The average Bonchev–Trinajstić information content (AvgIpc) is 4.14. The summed E-state index contributed by atoms with van der Waals surface area (Å²) in [7, 11) is 0. The van der Waals surface area contributed by atoms with Gasteiger partial charge < -0.3 is 19.6 Å². The van der Waals surface area contributed by atoms with Crippen molar-refractivity contribution in [1.29, 1.82) is 0 Å². The molecule has 0 saturated heterocycles. The first-order valence-corrected chi connectivity index (χ1v) is 27.3. The Labute approximate surface area is 444 Å². The van der Waals surface area contributed by atoms with E-state index in [1.807, 2.05) is 22.7 Å². The highest BCUT2D eigenvalue weighted by atomic mass is 32.1. The minimum absolute atomic E-state index is 0.0320. The normalized spacial score (nSPS) is 12.6. The molecule has 75 heavy (non-hydrogen) atoms. The van der Waals surface area contributed by atoms with E-state index in [-0.39, 0.29) is 6.71 Å². The number of benzene rings is 11. The Morgan fingerprint density at radius 1 is 0.320 bits per heavy atom. The smallest absolute Gasteiger partial charge is 0.252 e. The summed E-state index contributed by atoms with van der Waals surface area (Å²) in [5.41, 5.74) is 20.6. The second-order valence-corrected chi connectivity index (χ2v) is 21.8. The number of rotatable bonds is 8. The van der Waals surface area contributed by atoms with E-state index in [2.05, 4.69) is 282 Å². The van der Waals surface area contributed by atoms with Crippen LogP contribution in [0, 0.1) is 13.8 Å². The van der Waals surface area contributed by atoms with E-state index in [4.69, 9.17) is 0 Å². The minimum atomic E-state index is -0.0320. The van der Waals surface area contributed by atoms with Gasteiger partial charge in [0.15, 0.2) is 0 Å². The van der Waals surface area contributed by atoms with Gasteiger partial charge in [-0.15, -0.1) is 22.7 Å². The molecule has 0 amide bonds. The fourth-order valence-electron chi connectivity index (χ4n) is 12.1. The lowest BCUT2D eigenvalue weighted by atomic mass is 9.33. The highest BCUT2D eigenvalue weighted by Gasteiger charge is 2.45. The predicted octanol–water partition coefficient (Wildman–Crippen LogP) is 18.1. The second kappa shape index (κ2) is 17.4. The zero-order valence-corrected chi connectivity index (χ0v) is 43.0. The van der Waals surface area contributed by atoms with Gasteiger partial charge in [0, 0.05) is 87.8 Å². The Hall–Kier alpha value is -8.88. The summed E-state index contributed by atoms with van der Waals surface area (Å²) >= 11 is 3.84. The topological polar surface area (TPSA) is 13.0 Å². The van der Waals surface area contributed by atoms with Gasteiger partial charge in [0.25, 0.3) is 6.71 Å². The molecule has 0 atom stereocenters. The van der Waals surface area contributed by atoms with Gasteiger partial charge in [-0.2, -0.15) is 0 Å². The second-order valence-electron chi connectivity index (χ2n) is 19.7. The monoisotopic (exact) mass is 994 g/mol. The number of nitrogens with zero attached hydrogens (tertiary/aromatic N) is 4. The number of para-hydroxylation sites is 6. The number of aryl methyl sites for hydroxylation is 2. The van der Waals surface area contributed by atoms with Gasteiger partial charge in [0.05, 0.1) is 20.8 Å². The molecule has 0 radical (unpaired) electrons. The lowest BCUT2D eigenvalue weighted by molar-refractivity contribution is 1.24. The minimum Gasteiger partial charge on any atom is -0.310 e. The maximum Gasteiger partial charge on any atom is 0.252 e. The number of hydrogen-bond acceptors (Lipinski definition) is 6. The molecule has 0 unspecified atom stereocenters. The van der Waals surface area contributed by atoms with Crippen molar-refractivity contribution < 1.29 is 0 Å². The van der Waals surface area contributed by atoms with Crippen LogP contribution in [-0.4, -0.2) is 6.71 Å². The third-order valence-corrected chi connectivity index (χ3v) is 17.8. The first-order chi connectivity index (χ1) is 37.1. The van der Waals surface area contributed by atoms with E-state index in [1.54, 1.807) is 0 Å². The standard InChI is InChI=1S/C68H47BN4S2/c1-44-20-15-17-30-58(44)72-60-32-19-33-61-64(60)69(56-40-38-54-52-36-34-50(42-62(52)74-67(54)65(56)72)70(46-22-7-3-8-23-46)47-24-9-4-10-25-47)57-41-39-55-53-37-35-51(71(48-26-11-5-12-27-48)49-28-13-6-14-29-49)43-63(53)75-68(55)66(57)73(61)59-31-18-16-21-45(59)2/h3-43H,1-2H3. The van der Waals surface area contributed by atoms with Crippen molar-refractivity contribution in [3.05, 3.63) is 260 Å². The van der Waals surface area contributed by atoms with Crippen LogP contribution in [-0.2, 0) is 0 Å². The molecule has 4 heterocycles. The molecule has 0 spiro atoms. The summed E-state index contributed by atoms with van der Waals surface area (Å²) in [4.78, 5) is 9.94. The Morgan fingerprint density at radius 2 is 0.667 bits per heavy atom. The Bertz CT molecular complexity index is 4010. The molecular formula is C68H47BN4S2. The average molecular weight is 995 g/mol. The molecule has 0 saturated carbocycles. The van der Waals surface area contributed by atoms with Crippen LogP contribution in [0.3, 0.4) is 0 Å². The lowest BCUT2D eigenvalue weighted by Crippen LogP contribution is -2.61. The number of thiophene rings is 2. The van der Waals surface area contributed by atoms with Gasteiger partial charge in [-0.05, 0) is 138 Å². The van der Waals surface area contributed by atoms with Crippen LogP contribution in [0.2, 0.25) is 0 Å². The number of fused-ring (bicyclic) bond motifs is 12. The van der Waals surface area contributed by atoms with E-state index < -0.39 is 0 Å². The van der Waals surface area contributed by atoms with Crippen LogP contribution in [0.4, 0.5) is 68.2 Å². The molecular weight excluding hydrogens is 948 g/mol. The van der Waals surface area contributed by atoms with Crippen LogP contribution < -0.4 is 36.0 Å². The Balaban J connectivity index is 0.982. The quantitative estimate of drug-likeness (QED) is 0.141. The predicted molar refractivity (Wildman–Crippen MR) is 325 cm³/mol. The SMILES string of the molecule is Cc1ccccc1N1c2cccc3c2B(c2ccc4c(sc5cc(N(c6ccccc6)c6ccccc6)ccc54)c21)c1ccc2c(sc4cc(N(c5ccccc5)c5ccccc5)ccc42)c1N3c1ccccc1C. The van der Waals surface area contributed by atoms with Gasteiger partial charge in [-0.25, -0.2) is 0 Å². The Kier molecular flexibility index (Phi) is 10.1. The summed E-state index contributed by atoms with van der Waals surface area (Å²) in [6.45, 7) is 4.48. The van der Waals surface area contributed by atoms with Gasteiger partial charge >= 0.3 is 0 Å². The van der Waals surface area contributed by atoms with Crippen molar-refractivity contribution in [2.45, 2.75) is 13.8 Å². The first-order valence-electron chi connectivity index (χ1n) is 25.7.